The van der Waals surface area contributed by atoms with Crippen LogP contribution in [0.25, 0.3) is 17.1 Å². The van der Waals surface area contributed by atoms with Crippen LogP contribution in [0.2, 0.25) is 0 Å². The molecule has 0 amide bonds. The van der Waals surface area contributed by atoms with Gasteiger partial charge in [-0.1, -0.05) is 69.2 Å². The summed E-state index contributed by atoms with van der Waals surface area (Å²) in [5, 5.41) is 6.65. The summed E-state index contributed by atoms with van der Waals surface area (Å²) in [6, 6.07) is 15.2. The van der Waals surface area contributed by atoms with Crippen molar-refractivity contribution in [2.75, 3.05) is 17.2 Å². The topological polar surface area (TPSA) is 49.8 Å². The van der Waals surface area contributed by atoms with Crippen molar-refractivity contribution in [2.45, 2.75) is 57.5 Å². The van der Waals surface area contributed by atoms with E-state index in [0.29, 0.717) is 11.5 Å². The van der Waals surface area contributed by atoms with Crippen LogP contribution in [-0.2, 0) is 6.18 Å². The first-order chi connectivity index (χ1) is 16.9. The molecule has 2 aromatic carbocycles. The number of para-hydroxylation sites is 1. The van der Waals surface area contributed by atoms with Crippen molar-refractivity contribution in [1.29, 1.82) is 0 Å². The molecule has 0 aliphatic heterocycles. The lowest BCUT2D eigenvalue weighted by atomic mass is 9.86. The third-order valence-corrected chi connectivity index (χ3v) is 6.34. The molecule has 184 valence electrons. The Morgan fingerprint density at radius 3 is 2.46 bits per heavy atom. The number of nitrogens with one attached hydrogen (secondary N) is 2. The van der Waals surface area contributed by atoms with Gasteiger partial charge in [-0.3, -0.25) is 0 Å². The standard InChI is InChI=1S/C28H31F3N4/c1-3-17-32-24-16-10-8-13-21(24)19(2)33-26-18-25(20-11-5-4-6-12-20)34-27(35-26)22-14-7-9-15-23(22)28(29,30)31/h7-10,13-16,18,20,32H,2-6,11-12,17H2,1H3,(H,33,34,35). The molecule has 2 N–H and O–H groups in total. The Balaban J connectivity index is 1.74. The molecule has 0 bridgehead atoms. The zero-order valence-electron chi connectivity index (χ0n) is 20.0. The number of benzene rings is 2. The number of rotatable bonds is 8. The summed E-state index contributed by atoms with van der Waals surface area (Å²) in [5.41, 5.74) is 2.47. The highest BCUT2D eigenvalue weighted by molar-refractivity contribution is 5.81. The van der Waals surface area contributed by atoms with Gasteiger partial charge in [-0.2, -0.15) is 13.2 Å². The molecule has 3 aromatic rings. The Kier molecular flexibility index (Phi) is 7.73. The van der Waals surface area contributed by atoms with Gasteiger partial charge in [0, 0.05) is 46.7 Å². The predicted molar refractivity (Wildman–Crippen MR) is 136 cm³/mol. The molecule has 0 unspecified atom stereocenters. The minimum absolute atomic E-state index is 0.0173. The second-order valence-corrected chi connectivity index (χ2v) is 8.96. The summed E-state index contributed by atoms with van der Waals surface area (Å²) in [4.78, 5) is 9.17. The normalized spacial score (nSPS) is 14.5. The number of nitrogens with zero attached hydrogens (tertiary/aromatic N) is 2. The molecule has 4 nitrogen and oxygen atoms in total. The van der Waals surface area contributed by atoms with Gasteiger partial charge in [0.2, 0.25) is 0 Å². The molecule has 0 spiro atoms. The summed E-state index contributed by atoms with van der Waals surface area (Å²) in [7, 11) is 0. The fourth-order valence-corrected chi connectivity index (χ4v) is 4.57. The van der Waals surface area contributed by atoms with Gasteiger partial charge in [0.25, 0.3) is 0 Å². The van der Waals surface area contributed by atoms with E-state index in [1.54, 1.807) is 6.07 Å². The molecule has 1 aliphatic carbocycles. The SMILES string of the molecule is C=C(Nc1cc(C2CCCCC2)nc(-c2ccccc2C(F)(F)F)n1)c1ccccc1NCCC. The first-order valence-electron chi connectivity index (χ1n) is 12.2. The number of aromatic nitrogens is 2. The lowest BCUT2D eigenvalue weighted by Crippen LogP contribution is -2.12. The zero-order valence-corrected chi connectivity index (χ0v) is 20.0. The zero-order chi connectivity index (χ0) is 24.8. The molecule has 1 saturated carbocycles. The van der Waals surface area contributed by atoms with Gasteiger partial charge >= 0.3 is 6.18 Å². The Hall–Kier alpha value is -3.35. The highest BCUT2D eigenvalue weighted by Gasteiger charge is 2.34. The van der Waals surface area contributed by atoms with Crippen molar-refractivity contribution < 1.29 is 13.2 Å². The second kappa shape index (κ2) is 10.9. The second-order valence-electron chi connectivity index (χ2n) is 8.96. The van der Waals surface area contributed by atoms with Crippen molar-refractivity contribution in [3.63, 3.8) is 0 Å². The van der Waals surface area contributed by atoms with Crippen molar-refractivity contribution >= 4 is 17.2 Å². The van der Waals surface area contributed by atoms with E-state index < -0.39 is 11.7 Å². The van der Waals surface area contributed by atoms with Gasteiger partial charge in [-0.05, 0) is 31.4 Å². The average Bonchev–Trinajstić information content (AvgIpc) is 2.87. The van der Waals surface area contributed by atoms with Gasteiger partial charge in [0.05, 0.1) is 5.56 Å². The molecule has 1 aromatic heterocycles. The van der Waals surface area contributed by atoms with Crippen LogP contribution in [0.4, 0.5) is 24.7 Å². The monoisotopic (exact) mass is 480 g/mol. The van der Waals surface area contributed by atoms with Crippen molar-refractivity contribution in [3.8, 4) is 11.4 Å². The lowest BCUT2D eigenvalue weighted by molar-refractivity contribution is -0.137. The third-order valence-electron chi connectivity index (χ3n) is 6.34. The number of hydrogen-bond acceptors (Lipinski definition) is 4. The van der Waals surface area contributed by atoms with Crippen molar-refractivity contribution in [3.05, 3.63) is 78.0 Å². The first-order valence-corrected chi connectivity index (χ1v) is 12.2. The lowest BCUT2D eigenvalue weighted by Gasteiger charge is -2.23. The van der Waals surface area contributed by atoms with E-state index in [0.717, 1.165) is 61.7 Å². The molecule has 1 heterocycles. The van der Waals surface area contributed by atoms with E-state index in [1.807, 2.05) is 30.3 Å². The fraction of sp³-hybridized carbons (Fsp3) is 0.357. The molecule has 0 atom stereocenters. The van der Waals surface area contributed by atoms with E-state index >= 15 is 0 Å². The minimum atomic E-state index is -4.50. The number of hydrogen-bond donors (Lipinski definition) is 2. The third kappa shape index (κ3) is 6.02. The highest BCUT2D eigenvalue weighted by Crippen LogP contribution is 2.38. The molecular weight excluding hydrogens is 449 g/mol. The van der Waals surface area contributed by atoms with Crippen LogP contribution in [0.15, 0.2) is 61.2 Å². The molecule has 0 saturated heterocycles. The van der Waals surface area contributed by atoms with E-state index in [-0.39, 0.29) is 17.3 Å². The average molecular weight is 481 g/mol. The van der Waals surface area contributed by atoms with Crippen molar-refractivity contribution in [1.82, 2.24) is 9.97 Å². The predicted octanol–water partition coefficient (Wildman–Crippen LogP) is 8.11. The van der Waals surface area contributed by atoms with Crippen LogP contribution < -0.4 is 10.6 Å². The van der Waals surface area contributed by atoms with E-state index in [4.69, 9.17) is 0 Å². The van der Waals surface area contributed by atoms with Crippen LogP contribution in [0.3, 0.4) is 0 Å². The summed E-state index contributed by atoms with van der Waals surface area (Å²) in [6.07, 6.45) is 1.79. The largest absolute Gasteiger partial charge is 0.417 e. The van der Waals surface area contributed by atoms with Crippen LogP contribution in [0.5, 0.6) is 0 Å². The highest BCUT2D eigenvalue weighted by atomic mass is 19.4. The molecule has 4 rings (SSSR count). The van der Waals surface area contributed by atoms with E-state index in [1.165, 1.54) is 18.6 Å². The van der Waals surface area contributed by atoms with Gasteiger partial charge < -0.3 is 10.6 Å². The van der Waals surface area contributed by atoms with Gasteiger partial charge in [0.1, 0.15) is 5.82 Å². The smallest absolute Gasteiger partial charge is 0.385 e. The molecule has 0 radical (unpaired) electrons. The summed E-state index contributed by atoms with van der Waals surface area (Å²) < 4.78 is 41.3. The minimum Gasteiger partial charge on any atom is -0.385 e. The Morgan fingerprint density at radius 1 is 1.00 bits per heavy atom. The van der Waals surface area contributed by atoms with E-state index in [9.17, 15) is 13.2 Å². The summed E-state index contributed by atoms with van der Waals surface area (Å²) >= 11 is 0. The molecular formula is C28H31F3N4. The van der Waals surface area contributed by atoms with Gasteiger partial charge in [0.15, 0.2) is 5.82 Å². The fourth-order valence-electron chi connectivity index (χ4n) is 4.57. The number of halogens is 3. The Bertz CT molecular complexity index is 1170. The van der Waals surface area contributed by atoms with Crippen molar-refractivity contribution in [2.24, 2.45) is 0 Å². The van der Waals surface area contributed by atoms with Gasteiger partial charge in [-0.25, -0.2) is 9.97 Å². The first kappa shape index (κ1) is 24.8. The Labute approximate surface area is 204 Å². The van der Waals surface area contributed by atoms with Gasteiger partial charge in [-0.15, -0.1) is 0 Å². The Morgan fingerprint density at radius 2 is 1.71 bits per heavy atom. The molecule has 7 heteroatoms. The molecule has 1 fully saturated rings. The van der Waals surface area contributed by atoms with Crippen LogP contribution in [0.1, 0.15) is 68.2 Å². The van der Waals surface area contributed by atoms with Crippen LogP contribution in [-0.4, -0.2) is 16.5 Å². The quantitative estimate of drug-likeness (QED) is 0.342. The maximum atomic E-state index is 13.8. The number of anilines is 2. The van der Waals surface area contributed by atoms with Crippen LogP contribution in [0, 0.1) is 0 Å². The van der Waals surface area contributed by atoms with E-state index in [2.05, 4.69) is 34.1 Å². The summed E-state index contributed by atoms with van der Waals surface area (Å²) in [6.45, 7) is 7.11. The molecule has 35 heavy (non-hydrogen) atoms. The summed E-state index contributed by atoms with van der Waals surface area (Å²) in [5.74, 6) is 0.729. The molecule has 1 aliphatic rings. The maximum Gasteiger partial charge on any atom is 0.417 e. The number of alkyl halides is 3. The van der Waals surface area contributed by atoms with Crippen LogP contribution >= 0.6 is 0 Å². The maximum absolute atomic E-state index is 13.8.